The van der Waals surface area contributed by atoms with E-state index in [1.807, 2.05) is 43.3 Å². The Morgan fingerprint density at radius 3 is 2.68 bits per heavy atom. The smallest absolute Gasteiger partial charge is 0.315 e. The third-order valence-corrected chi connectivity index (χ3v) is 2.80. The van der Waals surface area contributed by atoms with Crippen molar-refractivity contribution in [1.82, 2.24) is 10.6 Å². The Hall–Kier alpha value is -2.23. The number of hydrogen-bond acceptors (Lipinski definition) is 2. The molecular weight excluding hydrogens is 240 g/mol. The maximum absolute atomic E-state index is 11.7. The highest BCUT2D eigenvalue weighted by Crippen LogP contribution is 2.03. The van der Waals surface area contributed by atoms with Crippen LogP contribution >= 0.6 is 0 Å². The lowest BCUT2D eigenvalue weighted by atomic mass is 10.1. The van der Waals surface area contributed by atoms with Gasteiger partial charge in [0, 0.05) is 12.6 Å². The molecule has 2 aromatic rings. The van der Waals surface area contributed by atoms with Crippen LogP contribution in [0.1, 0.15) is 18.1 Å². The first-order valence-electron chi connectivity index (χ1n) is 6.33. The topological polar surface area (TPSA) is 54.3 Å². The summed E-state index contributed by atoms with van der Waals surface area (Å²) < 4.78 is 5.00. The number of carbonyl (C=O) groups excluding carboxylic acids is 1. The van der Waals surface area contributed by atoms with Crippen molar-refractivity contribution in [3.63, 3.8) is 0 Å². The zero-order valence-electron chi connectivity index (χ0n) is 10.9. The van der Waals surface area contributed by atoms with Crippen molar-refractivity contribution in [2.24, 2.45) is 0 Å². The van der Waals surface area contributed by atoms with Crippen molar-refractivity contribution in [3.05, 3.63) is 60.1 Å². The van der Waals surface area contributed by atoms with Crippen molar-refractivity contribution >= 4 is 6.03 Å². The summed E-state index contributed by atoms with van der Waals surface area (Å²) in [6, 6.07) is 11.6. The summed E-state index contributed by atoms with van der Waals surface area (Å²) in [6.45, 7) is 2.50. The fraction of sp³-hybridized carbons (Fsp3) is 0.267. The number of benzene rings is 1. The lowest BCUT2D eigenvalue weighted by molar-refractivity contribution is 0.237. The highest BCUT2D eigenvalue weighted by molar-refractivity contribution is 5.74. The number of urea groups is 1. The molecule has 4 nitrogen and oxygen atoms in total. The lowest BCUT2D eigenvalue weighted by Gasteiger charge is -2.13. The Bertz CT molecular complexity index is 494. The van der Waals surface area contributed by atoms with Crippen LogP contribution in [0.15, 0.2) is 53.3 Å². The Balaban J connectivity index is 1.72. The van der Waals surface area contributed by atoms with Gasteiger partial charge < -0.3 is 15.1 Å². The normalized spacial score (nSPS) is 11.8. The zero-order valence-corrected chi connectivity index (χ0v) is 10.9. The lowest BCUT2D eigenvalue weighted by Crippen LogP contribution is -2.41. The molecule has 100 valence electrons. The maximum atomic E-state index is 11.7. The first kappa shape index (κ1) is 13.2. The van der Waals surface area contributed by atoms with E-state index in [2.05, 4.69) is 10.6 Å². The fourth-order valence-electron chi connectivity index (χ4n) is 1.87. The van der Waals surface area contributed by atoms with Gasteiger partial charge in [-0.25, -0.2) is 4.79 Å². The van der Waals surface area contributed by atoms with Gasteiger partial charge in [0.2, 0.25) is 0 Å². The minimum atomic E-state index is -0.153. The molecule has 19 heavy (non-hydrogen) atoms. The fourth-order valence-corrected chi connectivity index (χ4v) is 1.87. The average molecular weight is 258 g/mol. The van der Waals surface area contributed by atoms with E-state index in [1.165, 1.54) is 0 Å². The molecule has 2 N–H and O–H groups in total. The van der Waals surface area contributed by atoms with Crippen LogP contribution in [0.4, 0.5) is 4.79 Å². The Labute approximate surface area is 112 Å². The summed E-state index contributed by atoms with van der Waals surface area (Å²) in [7, 11) is 0. The second-order valence-corrected chi connectivity index (χ2v) is 4.55. The molecule has 4 heteroatoms. The first-order valence-corrected chi connectivity index (χ1v) is 6.33. The van der Waals surface area contributed by atoms with Gasteiger partial charge in [0.15, 0.2) is 0 Å². The van der Waals surface area contributed by atoms with Crippen molar-refractivity contribution in [3.8, 4) is 0 Å². The van der Waals surface area contributed by atoms with E-state index >= 15 is 0 Å². The first-order chi connectivity index (χ1) is 9.24. The minimum absolute atomic E-state index is 0.0633. The van der Waals surface area contributed by atoms with E-state index in [4.69, 9.17) is 4.42 Å². The molecule has 0 bridgehead atoms. The van der Waals surface area contributed by atoms with E-state index in [0.717, 1.165) is 17.5 Å². The molecular formula is C15H18N2O2. The molecule has 0 spiro atoms. The third kappa shape index (κ3) is 4.50. The number of rotatable bonds is 5. The van der Waals surface area contributed by atoms with Gasteiger partial charge in [-0.3, -0.25) is 0 Å². The predicted molar refractivity (Wildman–Crippen MR) is 73.7 cm³/mol. The van der Waals surface area contributed by atoms with Gasteiger partial charge in [0.25, 0.3) is 0 Å². The standard InChI is InChI=1S/C15H18N2O2/c1-12(9-14-7-8-19-11-14)17-15(18)16-10-13-5-3-2-4-6-13/h2-8,11-12H,9-10H2,1H3,(H2,16,17,18)/t12-/m1/s1. The second kappa shape index (κ2) is 6.64. The Morgan fingerprint density at radius 2 is 2.00 bits per heavy atom. The highest BCUT2D eigenvalue weighted by Gasteiger charge is 2.08. The van der Waals surface area contributed by atoms with Gasteiger partial charge in [-0.05, 0) is 30.5 Å². The molecule has 1 atom stereocenters. The zero-order chi connectivity index (χ0) is 13.5. The quantitative estimate of drug-likeness (QED) is 0.866. The van der Waals surface area contributed by atoms with Crippen LogP contribution in [-0.2, 0) is 13.0 Å². The van der Waals surface area contributed by atoms with Gasteiger partial charge >= 0.3 is 6.03 Å². The minimum Gasteiger partial charge on any atom is -0.472 e. The van der Waals surface area contributed by atoms with Crippen LogP contribution in [-0.4, -0.2) is 12.1 Å². The average Bonchev–Trinajstić information content (AvgIpc) is 2.90. The van der Waals surface area contributed by atoms with Crippen LogP contribution in [0.3, 0.4) is 0 Å². The molecule has 0 aliphatic rings. The van der Waals surface area contributed by atoms with E-state index in [0.29, 0.717) is 6.54 Å². The SMILES string of the molecule is C[C@H](Cc1ccoc1)NC(=O)NCc1ccccc1. The van der Waals surface area contributed by atoms with Gasteiger partial charge in [-0.15, -0.1) is 0 Å². The predicted octanol–water partition coefficient (Wildman–Crippen LogP) is 2.71. The van der Waals surface area contributed by atoms with E-state index in [1.54, 1.807) is 12.5 Å². The molecule has 0 fully saturated rings. The largest absolute Gasteiger partial charge is 0.472 e. The molecule has 0 radical (unpaired) electrons. The number of nitrogens with one attached hydrogen (secondary N) is 2. The van der Waals surface area contributed by atoms with E-state index in [-0.39, 0.29) is 12.1 Å². The number of furan rings is 1. The highest BCUT2D eigenvalue weighted by atomic mass is 16.3. The summed E-state index contributed by atoms with van der Waals surface area (Å²) in [5.74, 6) is 0. The number of carbonyl (C=O) groups is 1. The van der Waals surface area contributed by atoms with Crippen LogP contribution in [0, 0.1) is 0 Å². The second-order valence-electron chi connectivity index (χ2n) is 4.55. The molecule has 1 heterocycles. The summed E-state index contributed by atoms with van der Waals surface area (Å²) in [6.07, 6.45) is 4.09. The van der Waals surface area contributed by atoms with Gasteiger partial charge in [0.05, 0.1) is 12.5 Å². The third-order valence-electron chi connectivity index (χ3n) is 2.80. The Morgan fingerprint density at radius 1 is 1.21 bits per heavy atom. The molecule has 2 amide bonds. The molecule has 1 aromatic carbocycles. The molecule has 1 aromatic heterocycles. The van der Waals surface area contributed by atoms with Gasteiger partial charge in [0.1, 0.15) is 0 Å². The Kier molecular flexibility index (Phi) is 4.61. The molecule has 2 rings (SSSR count). The monoisotopic (exact) mass is 258 g/mol. The molecule has 0 saturated heterocycles. The summed E-state index contributed by atoms with van der Waals surface area (Å²) in [5.41, 5.74) is 2.16. The molecule has 0 unspecified atom stereocenters. The van der Waals surface area contributed by atoms with Crippen molar-refractivity contribution in [2.45, 2.75) is 25.9 Å². The summed E-state index contributed by atoms with van der Waals surface area (Å²) in [4.78, 5) is 11.7. The summed E-state index contributed by atoms with van der Waals surface area (Å²) >= 11 is 0. The maximum Gasteiger partial charge on any atom is 0.315 e. The number of amides is 2. The van der Waals surface area contributed by atoms with E-state index in [9.17, 15) is 4.79 Å². The molecule has 0 aliphatic heterocycles. The van der Waals surface area contributed by atoms with Gasteiger partial charge in [-0.2, -0.15) is 0 Å². The summed E-state index contributed by atoms with van der Waals surface area (Å²) in [5, 5.41) is 5.73. The van der Waals surface area contributed by atoms with Crippen LogP contribution in [0.2, 0.25) is 0 Å². The van der Waals surface area contributed by atoms with Crippen LogP contribution < -0.4 is 10.6 Å². The van der Waals surface area contributed by atoms with Gasteiger partial charge in [-0.1, -0.05) is 30.3 Å². The number of hydrogen-bond donors (Lipinski definition) is 2. The van der Waals surface area contributed by atoms with Crippen LogP contribution in [0.5, 0.6) is 0 Å². The van der Waals surface area contributed by atoms with Crippen molar-refractivity contribution in [2.75, 3.05) is 0 Å². The van der Waals surface area contributed by atoms with Crippen LogP contribution in [0.25, 0.3) is 0 Å². The van der Waals surface area contributed by atoms with Crippen molar-refractivity contribution < 1.29 is 9.21 Å². The van der Waals surface area contributed by atoms with E-state index < -0.39 is 0 Å². The van der Waals surface area contributed by atoms with Crippen molar-refractivity contribution in [1.29, 1.82) is 0 Å². The molecule has 0 aliphatic carbocycles. The molecule has 0 saturated carbocycles.